The van der Waals surface area contributed by atoms with Gasteiger partial charge in [0.05, 0.1) is 0 Å². The zero-order valence-corrected chi connectivity index (χ0v) is 10.6. The van der Waals surface area contributed by atoms with E-state index < -0.39 is 0 Å². The van der Waals surface area contributed by atoms with Gasteiger partial charge in [-0.1, -0.05) is 32.6 Å². The van der Waals surface area contributed by atoms with Gasteiger partial charge in [-0.05, 0) is 19.3 Å². The Labute approximate surface area is 99.5 Å². The molecular weight excluding hydrogens is 204 g/mol. The van der Waals surface area contributed by atoms with Gasteiger partial charge in [-0.25, -0.2) is 0 Å². The molecule has 0 fully saturated rings. The quantitative estimate of drug-likeness (QED) is 0.276. The Balaban J connectivity index is 2.85. The first-order chi connectivity index (χ1) is 7.91. The highest BCUT2D eigenvalue weighted by molar-refractivity contribution is 5.48. The number of hydrogen-bond donors (Lipinski definition) is 0. The summed E-state index contributed by atoms with van der Waals surface area (Å²) in [5, 5.41) is 0. The Kier molecular flexibility index (Phi) is 14.2. The Morgan fingerprint density at radius 1 is 0.875 bits per heavy atom. The van der Waals surface area contributed by atoms with Crippen molar-refractivity contribution in [1.82, 2.24) is 0 Å². The monoisotopic (exact) mass is 230 g/mol. The number of carbonyl (C=O) groups is 1. The van der Waals surface area contributed by atoms with Gasteiger partial charge in [-0.3, -0.25) is 0 Å². The van der Waals surface area contributed by atoms with Crippen LogP contribution in [0.1, 0.15) is 58.3 Å². The van der Waals surface area contributed by atoms with Crippen LogP contribution in [0, 0.1) is 0 Å². The van der Waals surface area contributed by atoms with Gasteiger partial charge < -0.3 is 14.3 Å². The highest BCUT2D eigenvalue weighted by atomic mass is 16.7. The van der Waals surface area contributed by atoms with Crippen molar-refractivity contribution < 1.29 is 14.3 Å². The Hall–Kier alpha value is -0.410. The lowest BCUT2D eigenvalue weighted by Gasteiger charge is -2.05. The lowest BCUT2D eigenvalue weighted by atomic mass is 10.2. The molecule has 0 N–H and O–H groups in total. The average molecular weight is 230 g/mol. The van der Waals surface area contributed by atoms with Crippen molar-refractivity contribution in [2.45, 2.75) is 58.3 Å². The fourth-order valence-corrected chi connectivity index (χ4v) is 1.42. The number of carbonyl (C=O) groups excluding carboxylic acids is 1. The molecule has 96 valence electrons. The minimum absolute atomic E-state index is 0.416. The smallest absolute Gasteiger partial charge is 0.146 e. The molecule has 3 heteroatoms. The second-order valence-corrected chi connectivity index (χ2v) is 4.01. The highest BCUT2D eigenvalue weighted by Gasteiger charge is 1.91. The molecule has 0 aliphatic rings. The largest absolute Gasteiger partial charge is 0.355 e. The van der Waals surface area contributed by atoms with Gasteiger partial charge in [0, 0.05) is 19.6 Å². The van der Waals surface area contributed by atoms with E-state index >= 15 is 0 Å². The van der Waals surface area contributed by atoms with Crippen molar-refractivity contribution >= 4 is 6.29 Å². The van der Waals surface area contributed by atoms with Crippen LogP contribution in [-0.4, -0.2) is 26.3 Å². The molecule has 0 aromatic carbocycles. The second-order valence-electron chi connectivity index (χ2n) is 4.01. The van der Waals surface area contributed by atoms with Crippen molar-refractivity contribution in [3.8, 4) is 0 Å². The first kappa shape index (κ1) is 15.6. The van der Waals surface area contributed by atoms with E-state index in [1.54, 1.807) is 0 Å². The molecule has 0 heterocycles. The van der Waals surface area contributed by atoms with Crippen molar-refractivity contribution in [1.29, 1.82) is 0 Å². The lowest BCUT2D eigenvalue weighted by molar-refractivity contribution is -0.108. The summed E-state index contributed by atoms with van der Waals surface area (Å²) in [6.45, 7) is 4.17. The van der Waals surface area contributed by atoms with Crippen molar-refractivity contribution in [3.63, 3.8) is 0 Å². The van der Waals surface area contributed by atoms with Gasteiger partial charge in [0.2, 0.25) is 0 Å². The van der Waals surface area contributed by atoms with Gasteiger partial charge in [0.1, 0.15) is 13.1 Å². The van der Waals surface area contributed by atoms with Crippen LogP contribution in [0.25, 0.3) is 0 Å². The van der Waals surface area contributed by atoms with E-state index in [0.29, 0.717) is 13.2 Å². The molecule has 0 rings (SSSR count). The third-order valence-electron chi connectivity index (χ3n) is 2.42. The van der Waals surface area contributed by atoms with Crippen LogP contribution in [0.2, 0.25) is 0 Å². The zero-order valence-electron chi connectivity index (χ0n) is 10.6. The van der Waals surface area contributed by atoms with E-state index in [0.717, 1.165) is 45.2 Å². The Bertz CT molecular complexity index is 137. The minimum Gasteiger partial charge on any atom is -0.355 e. The molecular formula is C13H26O3. The molecule has 0 spiro atoms. The minimum atomic E-state index is 0.416. The predicted octanol–water partition coefficient (Wildman–Crippen LogP) is 3.32. The molecule has 0 amide bonds. The SMILES string of the molecule is CCCCCCOCOCCCCCC=O. The van der Waals surface area contributed by atoms with Crippen molar-refractivity contribution in [2.75, 3.05) is 20.0 Å². The summed E-state index contributed by atoms with van der Waals surface area (Å²) in [6.07, 6.45) is 9.65. The second kappa shape index (κ2) is 14.6. The van der Waals surface area contributed by atoms with Gasteiger partial charge in [0.25, 0.3) is 0 Å². The topological polar surface area (TPSA) is 35.5 Å². The summed E-state index contributed by atoms with van der Waals surface area (Å²) in [4.78, 5) is 10.0. The molecule has 0 aliphatic carbocycles. The molecule has 16 heavy (non-hydrogen) atoms. The van der Waals surface area contributed by atoms with Crippen LogP contribution in [0.3, 0.4) is 0 Å². The van der Waals surface area contributed by atoms with Gasteiger partial charge >= 0.3 is 0 Å². The fraction of sp³-hybridized carbons (Fsp3) is 0.923. The lowest BCUT2D eigenvalue weighted by Crippen LogP contribution is -2.03. The normalized spacial score (nSPS) is 10.6. The number of aldehydes is 1. The number of ether oxygens (including phenoxy) is 2. The molecule has 0 atom stereocenters. The molecule has 0 aromatic rings. The van der Waals surface area contributed by atoms with E-state index in [1.165, 1.54) is 19.3 Å². The van der Waals surface area contributed by atoms with Gasteiger partial charge in [-0.2, -0.15) is 0 Å². The maximum Gasteiger partial charge on any atom is 0.146 e. The molecule has 0 aliphatic heterocycles. The first-order valence-corrected chi connectivity index (χ1v) is 6.51. The average Bonchev–Trinajstić information content (AvgIpc) is 2.31. The Morgan fingerprint density at radius 3 is 2.06 bits per heavy atom. The third kappa shape index (κ3) is 13.6. The van der Waals surface area contributed by atoms with Crippen LogP contribution >= 0.6 is 0 Å². The van der Waals surface area contributed by atoms with Crippen LogP contribution < -0.4 is 0 Å². The molecule has 0 aromatic heterocycles. The highest BCUT2D eigenvalue weighted by Crippen LogP contribution is 2.00. The third-order valence-corrected chi connectivity index (χ3v) is 2.42. The molecule has 0 unspecified atom stereocenters. The maximum atomic E-state index is 10.0. The van der Waals surface area contributed by atoms with Crippen molar-refractivity contribution in [2.24, 2.45) is 0 Å². The van der Waals surface area contributed by atoms with Crippen LogP contribution in [0.5, 0.6) is 0 Å². The number of unbranched alkanes of at least 4 members (excludes halogenated alkanes) is 6. The standard InChI is InChI=1S/C13H26O3/c1-2-3-4-8-11-15-13-16-12-9-6-5-7-10-14/h10H,2-9,11-13H2,1H3. The molecule has 0 bridgehead atoms. The fourth-order valence-electron chi connectivity index (χ4n) is 1.42. The molecule has 3 nitrogen and oxygen atoms in total. The molecule has 0 radical (unpaired) electrons. The summed E-state index contributed by atoms with van der Waals surface area (Å²) in [5.41, 5.74) is 0. The molecule has 0 saturated heterocycles. The van der Waals surface area contributed by atoms with Crippen LogP contribution in [0.4, 0.5) is 0 Å². The number of rotatable bonds is 13. The number of hydrogen-bond acceptors (Lipinski definition) is 3. The van der Waals surface area contributed by atoms with E-state index in [2.05, 4.69) is 6.92 Å². The predicted molar refractivity (Wildman–Crippen MR) is 65.4 cm³/mol. The summed E-state index contributed by atoms with van der Waals surface area (Å²) in [5.74, 6) is 0. The maximum absolute atomic E-state index is 10.0. The van der Waals surface area contributed by atoms with Crippen LogP contribution in [-0.2, 0) is 14.3 Å². The van der Waals surface area contributed by atoms with Crippen LogP contribution in [0.15, 0.2) is 0 Å². The first-order valence-electron chi connectivity index (χ1n) is 6.51. The van der Waals surface area contributed by atoms with E-state index in [1.807, 2.05) is 0 Å². The summed E-state index contributed by atoms with van der Waals surface area (Å²) in [6, 6.07) is 0. The van der Waals surface area contributed by atoms with E-state index in [-0.39, 0.29) is 0 Å². The summed E-state index contributed by atoms with van der Waals surface area (Å²) in [7, 11) is 0. The van der Waals surface area contributed by atoms with E-state index in [4.69, 9.17) is 9.47 Å². The van der Waals surface area contributed by atoms with Gasteiger partial charge in [-0.15, -0.1) is 0 Å². The van der Waals surface area contributed by atoms with Crippen molar-refractivity contribution in [3.05, 3.63) is 0 Å². The summed E-state index contributed by atoms with van der Waals surface area (Å²) >= 11 is 0. The Morgan fingerprint density at radius 2 is 1.50 bits per heavy atom. The van der Waals surface area contributed by atoms with E-state index in [9.17, 15) is 4.79 Å². The molecule has 0 saturated carbocycles. The summed E-state index contributed by atoms with van der Waals surface area (Å²) < 4.78 is 10.6. The zero-order chi connectivity index (χ0) is 11.9. The van der Waals surface area contributed by atoms with Gasteiger partial charge in [0.15, 0.2) is 0 Å².